The van der Waals surface area contributed by atoms with Crippen molar-refractivity contribution < 1.29 is 9.13 Å². The van der Waals surface area contributed by atoms with Crippen LogP contribution in [0.2, 0.25) is 5.15 Å². The molecule has 1 aliphatic heterocycles. The number of alkyl halides is 1. The van der Waals surface area contributed by atoms with Gasteiger partial charge in [0.15, 0.2) is 5.15 Å². The van der Waals surface area contributed by atoms with Crippen molar-refractivity contribution in [3.05, 3.63) is 17.2 Å². The normalized spacial score (nSPS) is 22.5. The minimum Gasteiger partial charge on any atom is -0.378 e. The summed E-state index contributed by atoms with van der Waals surface area (Å²) in [7, 11) is 0. The number of nitrogen functional groups attached to an aromatic ring is 1. The fraction of sp³-hybridized carbons (Fsp3) is 0.688. The number of aromatic nitrogens is 4. The van der Waals surface area contributed by atoms with Crippen LogP contribution in [-0.4, -0.2) is 39.0 Å². The molecule has 0 spiro atoms. The molecule has 2 fully saturated rings. The van der Waals surface area contributed by atoms with Crippen molar-refractivity contribution in [3.8, 4) is 0 Å². The van der Waals surface area contributed by atoms with Crippen molar-refractivity contribution in [2.45, 2.75) is 57.0 Å². The van der Waals surface area contributed by atoms with E-state index in [2.05, 4.69) is 22.0 Å². The first-order valence-corrected chi connectivity index (χ1v) is 8.82. The molecule has 0 bridgehead atoms. The third-order valence-electron chi connectivity index (χ3n) is 4.93. The van der Waals surface area contributed by atoms with Gasteiger partial charge in [0.05, 0.1) is 12.8 Å². The van der Waals surface area contributed by atoms with Gasteiger partial charge in [0, 0.05) is 12.0 Å². The van der Waals surface area contributed by atoms with E-state index in [1.54, 1.807) is 10.7 Å². The van der Waals surface area contributed by atoms with E-state index in [1.807, 2.05) is 0 Å². The molecule has 1 saturated carbocycles. The Kier molecular flexibility index (Phi) is 5.20. The molecule has 2 aromatic heterocycles. The van der Waals surface area contributed by atoms with Crippen LogP contribution >= 0.6 is 11.6 Å². The first-order valence-electron chi connectivity index (χ1n) is 8.45. The summed E-state index contributed by atoms with van der Waals surface area (Å²) < 4.78 is 18.6. The Bertz CT molecular complexity index is 692. The summed E-state index contributed by atoms with van der Waals surface area (Å²) in [4.78, 5) is 8.42. The summed E-state index contributed by atoms with van der Waals surface area (Å²) >= 11 is 6.12. The van der Waals surface area contributed by atoms with Crippen LogP contribution in [0.15, 0.2) is 6.20 Å². The van der Waals surface area contributed by atoms with Gasteiger partial charge in [-0.25, -0.2) is 18.9 Å². The minimum atomic E-state index is -0.686. The minimum absolute atomic E-state index is 0.122. The van der Waals surface area contributed by atoms with Crippen molar-refractivity contribution in [1.29, 1.82) is 0 Å². The largest absolute Gasteiger partial charge is 0.378 e. The number of nitrogens with two attached hydrogens (primary N) is 1. The Morgan fingerprint density at radius 2 is 2.25 bits per heavy atom. The number of fused-ring (bicyclic) bond motifs is 1. The molecule has 8 heteroatoms. The highest BCUT2D eigenvalue weighted by molar-refractivity contribution is 6.32. The van der Waals surface area contributed by atoms with Crippen LogP contribution in [0.4, 0.5) is 10.3 Å². The Hall–Kier alpha value is -1.47. The second-order valence-electron chi connectivity index (χ2n) is 6.44. The maximum absolute atomic E-state index is 12.1. The SMILES string of the molecule is CCC1(c2nc(Cl)c3cnc(N)nn23)CCC1.FC1CCCOC1. The zero-order chi connectivity index (χ0) is 17.2. The molecule has 1 unspecified atom stereocenters. The van der Waals surface area contributed by atoms with Crippen LogP contribution in [0.5, 0.6) is 0 Å². The Balaban J connectivity index is 0.000000203. The average molecular weight is 356 g/mol. The summed E-state index contributed by atoms with van der Waals surface area (Å²) in [5.74, 6) is 1.18. The maximum Gasteiger partial charge on any atom is 0.238 e. The van der Waals surface area contributed by atoms with Gasteiger partial charge in [-0.15, -0.1) is 5.10 Å². The van der Waals surface area contributed by atoms with Gasteiger partial charge < -0.3 is 10.5 Å². The topological polar surface area (TPSA) is 78.3 Å². The zero-order valence-electron chi connectivity index (χ0n) is 13.8. The standard InChI is InChI=1S/C11H14ClN5.C5H9FO/c1-2-11(4-3-5-11)9-15-8(12)7-6-14-10(13)16-17(7)9;6-5-2-1-3-7-4-5/h6H,2-5H2,1H3,(H2,13,16);5H,1-4H2. The van der Waals surface area contributed by atoms with E-state index >= 15 is 0 Å². The Labute approximate surface area is 145 Å². The van der Waals surface area contributed by atoms with Gasteiger partial charge in [0.1, 0.15) is 17.5 Å². The molecule has 4 rings (SSSR count). The predicted octanol–water partition coefficient (Wildman–Crippen LogP) is 3.33. The van der Waals surface area contributed by atoms with Gasteiger partial charge in [-0.3, -0.25) is 0 Å². The molecule has 1 saturated heterocycles. The van der Waals surface area contributed by atoms with E-state index in [4.69, 9.17) is 22.1 Å². The van der Waals surface area contributed by atoms with Crippen molar-refractivity contribution in [2.75, 3.05) is 18.9 Å². The second kappa shape index (κ2) is 7.19. The van der Waals surface area contributed by atoms with E-state index in [-0.39, 0.29) is 11.4 Å². The maximum atomic E-state index is 12.1. The van der Waals surface area contributed by atoms with Crippen LogP contribution in [0.3, 0.4) is 0 Å². The second-order valence-corrected chi connectivity index (χ2v) is 6.80. The number of rotatable bonds is 2. The first kappa shape index (κ1) is 17.4. The van der Waals surface area contributed by atoms with Crippen LogP contribution in [0, 0.1) is 0 Å². The first-order chi connectivity index (χ1) is 11.6. The van der Waals surface area contributed by atoms with E-state index in [0.29, 0.717) is 18.2 Å². The Morgan fingerprint density at radius 1 is 1.46 bits per heavy atom. The molecule has 132 valence electrons. The number of hydrogen-bond acceptors (Lipinski definition) is 5. The lowest BCUT2D eigenvalue weighted by atomic mass is 9.66. The van der Waals surface area contributed by atoms with Gasteiger partial charge >= 0.3 is 0 Å². The van der Waals surface area contributed by atoms with Crippen LogP contribution < -0.4 is 5.73 Å². The van der Waals surface area contributed by atoms with Crippen molar-refractivity contribution in [2.24, 2.45) is 0 Å². The molecular formula is C16H23ClFN5O. The third kappa shape index (κ3) is 3.32. The molecule has 0 amide bonds. The molecule has 6 nitrogen and oxygen atoms in total. The van der Waals surface area contributed by atoms with Crippen molar-refractivity contribution >= 4 is 23.1 Å². The van der Waals surface area contributed by atoms with E-state index in [9.17, 15) is 4.39 Å². The fourth-order valence-corrected chi connectivity index (χ4v) is 3.46. The molecule has 24 heavy (non-hydrogen) atoms. The van der Waals surface area contributed by atoms with Gasteiger partial charge in [0.2, 0.25) is 5.95 Å². The molecule has 0 aromatic carbocycles. The highest BCUT2D eigenvalue weighted by Crippen LogP contribution is 2.46. The summed E-state index contributed by atoms with van der Waals surface area (Å²) in [6, 6.07) is 0. The summed E-state index contributed by atoms with van der Waals surface area (Å²) in [5, 5.41) is 4.69. The summed E-state index contributed by atoms with van der Waals surface area (Å²) in [6.45, 7) is 3.25. The highest BCUT2D eigenvalue weighted by Gasteiger charge is 2.41. The van der Waals surface area contributed by atoms with Crippen LogP contribution in [-0.2, 0) is 10.2 Å². The van der Waals surface area contributed by atoms with Crippen molar-refractivity contribution in [3.63, 3.8) is 0 Å². The molecular weight excluding hydrogens is 333 g/mol. The van der Waals surface area contributed by atoms with Gasteiger partial charge in [-0.05, 0) is 32.1 Å². The highest BCUT2D eigenvalue weighted by atomic mass is 35.5. The molecule has 0 radical (unpaired) electrons. The summed E-state index contributed by atoms with van der Waals surface area (Å²) in [6.07, 6.45) is 7.09. The smallest absolute Gasteiger partial charge is 0.238 e. The van der Waals surface area contributed by atoms with Crippen molar-refractivity contribution in [1.82, 2.24) is 19.6 Å². The molecule has 2 aromatic rings. The quantitative estimate of drug-likeness (QED) is 0.893. The molecule has 1 aliphatic carbocycles. The Morgan fingerprint density at radius 3 is 2.75 bits per heavy atom. The number of hydrogen-bond donors (Lipinski definition) is 1. The predicted molar refractivity (Wildman–Crippen MR) is 91.0 cm³/mol. The number of anilines is 1. The van der Waals surface area contributed by atoms with E-state index < -0.39 is 6.17 Å². The van der Waals surface area contributed by atoms with Crippen LogP contribution in [0.1, 0.15) is 51.3 Å². The van der Waals surface area contributed by atoms with Gasteiger partial charge in [-0.2, -0.15) is 0 Å². The molecule has 3 heterocycles. The molecule has 2 N–H and O–H groups in total. The molecule has 2 aliphatic rings. The average Bonchev–Trinajstić information content (AvgIpc) is 2.85. The third-order valence-corrected chi connectivity index (χ3v) is 5.21. The number of nitrogens with zero attached hydrogens (tertiary/aromatic N) is 4. The lowest BCUT2D eigenvalue weighted by Gasteiger charge is -2.39. The van der Waals surface area contributed by atoms with E-state index in [0.717, 1.165) is 43.6 Å². The number of imidazole rings is 1. The fourth-order valence-electron chi connectivity index (χ4n) is 3.25. The van der Waals surface area contributed by atoms with E-state index in [1.165, 1.54) is 6.42 Å². The van der Waals surface area contributed by atoms with Gasteiger partial charge in [-0.1, -0.05) is 24.9 Å². The zero-order valence-corrected chi connectivity index (χ0v) is 14.6. The lowest BCUT2D eigenvalue weighted by molar-refractivity contribution is 0.0366. The summed E-state index contributed by atoms with van der Waals surface area (Å²) in [5.41, 5.74) is 6.49. The van der Waals surface area contributed by atoms with Crippen LogP contribution in [0.25, 0.3) is 5.52 Å². The molecule has 1 atom stereocenters. The number of ether oxygens (including phenoxy) is 1. The monoisotopic (exact) mass is 355 g/mol. The lowest BCUT2D eigenvalue weighted by Crippen LogP contribution is -2.35. The van der Waals surface area contributed by atoms with Gasteiger partial charge in [0.25, 0.3) is 0 Å². The number of halogens is 2.